The molecule has 1 N–H and O–H groups in total. The van der Waals surface area contributed by atoms with Crippen LogP contribution in [0.15, 0.2) is 41.6 Å². The number of carbonyl (C=O) groups is 1. The highest BCUT2D eigenvalue weighted by atomic mass is 32.2. The first-order valence-electron chi connectivity index (χ1n) is 7.45. The van der Waals surface area contributed by atoms with Crippen LogP contribution in [0.25, 0.3) is 11.0 Å². The summed E-state index contributed by atoms with van der Waals surface area (Å²) in [6, 6.07) is 11.2. The maximum atomic E-state index is 12.5. The minimum atomic E-state index is -0.0175. The van der Waals surface area contributed by atoms with Gasteiger partial charge in [-0.3, -0.25) is 4.79 Å². The lowest BCUT2D eigenvalue weighted by Gasteiger charge is -2.09. The van der Waals surface area contributed by atoms with Gasteiger partial charge in [0.15, 0.2) is 10.9 Å². The Morgan fingerprint density at radius 1 is 1.17 bits per heavy atom. The van der Waals surface area contributed by atoms with Crippen LogP contribution in [0.4, 0.5) is 0 Å². The molecule has 0 atom stereocenters. The monoisotopic (exact) mass is 342 g/mol. The van der Waals surface area contributed by atoms with Crippen molar-refractivity contribution in [1.82, 2.24) is 9.97 Å². The number of aryl methyl sites for hydroxylation is 1. The van der Waals surface area contributed by atoms with Gasteiger partial charge in [-0.05, 0) is 36.8 Å². The highest BCUT2D eigenvalue weighted by Crippen LogP contribution is 2.27. The maximum absolute atomic E-state index is 12.5. The van der Waals surface area contributed by atoms with Crippen LogP contribution >= 0.6 is 11.8 Å². The number of benzene rings is 2. The van der Waals surface area contributed by atoms with Crippen LogP contribution in [0, 0.1) is 6.92 Å². The number of ether oxygens (including phenoxy) is 2. The molecule has 0 saturated heterocycles. The zero-order chi connectivity index (χ0) is 17.1. The lowest BCUT2D eigenvalue weighted by Crippen LogP contribution is -2.05. The number of rotatable bonds is 6. The van der Waals surface area contributed by atoms with E-state index in [0.29, 0.717) is 17.1 Å². The van der Waals surface area contributed by atoms with Gasteiger partial charge in [-0.25, -0.2) is 4.98 Å². The number of aromatic amines is 1. The third-order valence-corrected chi connectivity index (χ3v) is 4.54. The molecule has 3 rings (SSSR count). The minimum absolute atomic E-state index is 0.0175. The van der Waals surface area contributed by atoms with Crippen molar-refractivity contribution in [1.29, 1.82) is 0 Å². The lowest BCUT2D eigenvalue weighted by atomic mass is 10.1. The summed E-state index contributed by atoms with van der Waals surface area (Å²) in [7, 11) is 3.12. The van der Waals surface area contributed by atoms with Gasteiger partial charge in [-0.1, -0.05) is 17.8 Å². The fourth-order valence-corrected chi connectivity index (χ4v) is 3.18. The van der Waals surface area contributed by atoms with E-state index in [0.717, 1.165) is 16.2 Å². The summed E-state index contributed by atoms with van der Waals surface area (Å²) in [5.74, 6) is 1.43. The standard InChI is InChI=1S/C18H18N2O3S/c1-11-4-7-14-15(8-11)20-18(19-14)24-10-16(21)13-6-5-12(22-2)9-17(13)23-3/h4-9H,10H2,1-3H3,(H,19,20). The smallest absolute Gasteiger partial charge is 0.176 e. The van der Waals surface area contributed by atoms with E-state index in [-0.39, 0.29) is 11.5 Å². The Balaban J connectivity index is 1.74. The first-order chi connectivity index (χ1) is 11.6. The van der Waals surface area contributed by atoms with E-state index in [1.807, 2.05) is 25.1 Å². The SMILES string of the molecule is COc1ccc(C(=O)CSc2nc3ccc(C)cc3[nH]2)c(OC)c1. The molecule has 24 heavy (non-hydrogen) atoms. The second-order valence-corrected chi connectivity index (χ2v) is 6.30. The van der Waals surface area contributed by atoms with E-state index in [4.69, 9.17) is 9.47 Å². The van der Waals surface area contributed by atoms with Crippen molar-refractivity contribution < 1.29 is 14.3 Å². The Labute approximate surface area is 144 Å². The third-order valence-electron chi connectivity index (χ3n) is 3.66. The number of ketones is 1. The molecule has 0 radical (unpaired) electrons. The summed E-state index contributed by atoms with van der Waals surface area (Å²) in [5.41, 5.74) is 3.59. The second kappa shape index (κ2) is 6.97. The molecular weight excluding hydrogens is 324 g/mol. The quantitative estimate of drug-likeness (QED) is 0.544. The van der Waals surface area contributed by atoms with Gasteiger partial charge in [0.1, 0.15) is 11.5 Å². The second-order valence-electron chi connectivity index (χ2n) is 5.34. The number of aromatic nitrogens is 2. The summed E-state index contributed by atoms with van der Waals surface area (Å²) in [4.78, 5) is 20.2. The summed E-state index contributed by atoms with van der Waals surface area (Å²) in [6.07, 6.45) is 0. The van der Waals surface area contributed by atoms with Gasteiger partial charge in [0.05, 0.1) is 36.6 Å². The van der Waals surface area contributed by atoms with Gasteiger partial charge >= 0.3 is 0 Å². The van der Waals surface area contributed by atoms with Crippen LogP contribution < -0.4 is 9.47 Å². The number of hydrogen-bond donors (Lipinski definition) is 1. The average Bonchev–Trinajstić information content (AvgIpc) is 3.00. The largest absolute Gasteiger partial charge is 0.497 e. The van der Waals surface area contributed by atoms with Crippen LogP contribution in [0.1, 0.15) is 15.9 Å². The number of fused-ring (bicyclic) bond motifs is 1. The molecule has 1 aromatic heterocycles. The molecule has 3 aromatic rings. The van der Waals surface area contributed by atoms with E-state index in [1.54, 1.807) is 32.4 Å². The van der Waals surface area contributed by atoms with Gasteiger partial charge in [-0.2, -0.15) is 0 Å². The number of nitrogens with one attached hydrogen (secondary N) is 1. The molecule has 1 heterocycles. The molecule has 124 valence electrons. The van der Waals surface area contributed by atoms with Crippen molar-refractivity contribution in [2.75, 3.05) is 20.0 Å². The van der Waals surface area contributed by atoms with Crippen LogP contribution in [-0.4, -0.2) is 35.7 Å². The zero-order valence-electron chi connectivity index (χ0n) is 13.8. The number of nitrogens with zero attached hydrogens (tertiary/aromatic N) is 1. The van der Waals surface area contributed by atoms with Crippen molar-refractivity contribution in [2.24, 2.45) is 0 Å². The number of carbonyl (C=O) groups excluding carboxylic acids is 1. The first kappa shape index (κ1) is 16.4. The number of methoxy groups -OCH3 is 2. The Morgan fingerprint density at radius 3 is 2.75 bits per heavy atom. The van der Waals surface area contributed by atoms with Crippen LogP contribution in [-0.2, 0) is 0 Å². The fourth-order valence-electron chi connectivity index (χ4n) is 2.41. The molecular formula is C18H18N2O3S. The molecule has 5 nitrogen and oxygen atoms in total. The van der Waals surface area contributed by atoms with Crippen molar-refractivity contribution in [3.8, 4) is 11.5 Å². The molecule has 0 aliphatic rings. The molecule has 0 spiro atoms. The van der Waals surface area contributed by atoms with E-state index < -0.39 is 0 Å². The predicted octanol–water partition coefficient (Wildman–Crippen LogP) is 3.86. The molecule has 0 aliphatic carbocycles. The van der Waals surface area contributed by atoms with E-state index in [1.165, 1.54) is 17.3 Å². The minimum Gasteiger partial charge on any atom is -0.497 e. The summed E-state index contributed by atoms with van der Waals surface area (Å²) in [6.45, 7) is 2.03. The highest BCUT2D eigenvalue weighted by molar-refractivity contribution is 7.99. The summed E-state index contributed by atoms with van der Waals surface area (Å²) < 4.78 is 10.4. The van der Waals surface area contributed by atoms with Crippen LogP contribution in [0.5, 0.6) is 11.5 Å². The fraction of sp³-hybridized carbons (Fsp3) is 0.222. The Hall–Kier alpha value is -2.47. The Kier molecular flexibility index (Phi) is 4.76. The molecule has 2 aromatic carbocycles. The third kappa shape index (κ3) is 3.38. The van der Waals surface area contributed by atoms with E-state index >= 15 is 0 Å². The van der Waals surface area contributed by atoms with Gasteiger partial charge in [0.2, 0.25) is 0 Å². The molecule has 0 saturated carbocycles. The first-order valence-corrected chi connectivity index (χ1v) is 8.43. The summed E-state index contributed by atoms with van der Waals surface area (Å²) >= 11 is 1.38. The van der Waals surface area contributed by atoms with Gasteiger partial charge in [-0.15, -0.1) is 0 Å². The number of hydrogen-bond acceptors (Lipinski definition) is 5. The zero-order valence-corrected chi connectivity index (χ0v) is 14.6. The predicted molar refractivity (Wildman–Crippen MR) is 95.4 cm³/mol. The maximum Gasteiger partial charge on any atom is 0.176 e. The molecule has 0 amide bonds. The Bertz CT molecular complexity index is 889. The van der Waals surface area contributed by atoms with Crippen molar-refractivity contribution in [3.05, 3.63) is 47.5 Å². The van der Waals surface area contributed by atoms with E-state index in [9.17, 15) is 4.79 Å². The molecule has 0 bridgehead atoms. The molecule has 0 fully saturated rings. The normalized spacial score (nSPS) is 10.8. The molecule has 0 unspecified atom stereocenters. The number of H-pyrrole nitrogens is 1. The summed E-state index contributed by atoms with van der Waals surface area (Å²) in [5, 5.41) is 0.733. The lowest BCUT2D eigenvalue weighted by molar-refractivity contribution is 0.101. The van der Waals surface area contributed by atoms with Crippen LogP contribution in [0.2, 0.25) is 0 Å². The topological polar surface area (TPSA) is 64.2 Å². The Morgan fingerprint density at radius 2 is 2.00 bits per heavy atom. The number of imidazole rings is 1. The van der Waals surface area contributed by atoms with Crippen molar-refractivity contribution in [3.63, 3.8) is 0 Å². The van der Waals surface area contributed by atoms with Crippen molar-refractivity contribution in [2.45, 2.75) is 12.1 Å². The van der Waals surface area contributed by atoms with Crippen molar-refractivity contribution >= 4 is 28.6 Å². The van der Waals surface area contributed by atoms with Gasteiger partial charge in [0, 0.05) is 6.07 Å². The van der Waals surface area contributed by atoms with Gasteiger partial charge < -0.3 is 14.5 Å². The highest BCUT2D eigenvalue weighted by Gasteiger charge is 2.15. The number of Topliss-reactive ketones (excluding diaryl/α,β-unsaturated/α-hetero) is 1. The number of thioether (sulfide) groups is 1. The molecule has 0 aliphatic heterocycles. The van der Waals surface area contributed by atoms with E-state index in [2.05, 4.69) is 9.97 Å². The van der Waals surface area contributed by atoms with Gasteiger partial charge in [0.25, 0.3) is 0 Å². The van der Waals surface area contributed by atoms with Crippen LogP contribution in [0.3, 0.4) is 0 Å². The average molecular weight is 342 g/mol. The molecule has 6 heteroatoms.